The lowest BCUT2D eigenvalue weighted by Gasteiger charge is -2.09. The monoisotopic (exact) mass is 384 g/mol. The Kier molecular flexibility index (Phi) is 4.95. The highest BCUT2D eigenvalue weighted by Gasteiger charge is 2.13. The summed E-state index contributed by atoms with van der Waals surface area (Å²) in [6, 6.07) is 27.4. The summed E-state index contributed by atoms with van der Waals surface area (Å²) in [5.74, 6) is 1.20. The summed E-state index contributed by atoms with van der Waals surface area (Å²) >= 11 is 0. The number of hydrogen-bond donors (Lipinski definition) is 0. The molecule has 0 saturated heterocycles. The molecule has 0 spiro atoms. The van der Waals surface area contributed by atoms with Crippen molar-refractivity contribution in [2.45, 2.75) is 0 Å². The van der Waals surface area contributed by atoms with E-state index in [0.29, 0.717) is 50.9 Å². The van der Waals surface area contributed by atoms with E-state index in [1.807, 2.05) is 18.2 Å². The highest BCUT2D eigenvalue weighted by atomic mass is 15.0. The van der Waals surface area contributed by atoms with Crippen LogP contribution in [0.15, 0.2) is 72.8 Å². The molecule has 4 aromatic rings. The van der Waals surface area contributed by atoms with Gasteiger partial charge in [0.2, 0.25) is 0 Å². The van der Waals surface area contributed by atoms with E-state index in [1.54, 1.807) is 54.6 Å². The molecule has 0 N–H and O–H groups in total. The minimum Gasteiger partial charge on any atom is -0.208 e. The van der Waals surface area contributed by atoms with E-state index in [-0.39, 0.29) is 0 Å². The van der Waals surface area contributed by atoms with Crippen molar-refractivity contribution in [3.63, 3.8) is 0 Å². The Balaban J connectivity index is 1.95. The molecule has 0 amide bonds. The highest BCUT2D eigenvalue weighted by Crippen LogP contribution is 2.26. The standard InChI is InChI=1S/C24H12N6/c25-13-16-4-1-7-19(10-16)22-28-23(20-8-2-5-17(11-20)14-26)30-24(29-22)21-9-3-6-18(12-21)15-27/h1-12H. The zero-order valence-electron chi connectivity index (χ0n) is 15.6. The van der Waals surface area contributed by atoms with Gasteiger partial charge in [0, 0.05) is 16.7 Å². The van der Waals surface area contributed by atoms with E-state index in [0.717, 1.165) is 0 Å². The minimum atomic E-state index is 0.400. The van der Waals surface area contributed by atoms with Crippen LogP contribution >= 0.6 is 0 Å². The quantitative estimate of drug-likeness (QED) is 0.515. The maximum atomic E-state index is 9.23. The van der Waals surface area contributed by atoms with Crippen LogP contribution in [0.25, 0.3) is 34.2 Å². The number of rotatable bonds is 3. The number of aromatic nitrogens is 3. The SMILES string of the molecule is N#Cc1cccc(-c2nc(-c3cccc(C#N)c3)nc(-c3cccc(C#N)c3)n2)c1. The molecule has 4 rings (SSSR count). The molecule has 0 atom stereocenters. The third-order valence-corrected chi connectivity index (χ3v) is 4.39. The molecule has 0 radical (unpaired) electrons. The van der Waals surface area contributed by atoms with Crippen LogP contribution in [0.3, 0.4) is 0 Å². The van der Waals surface area contributed by atoms with E-state index in [2.05, 4.69) is 33.2 Å². The first kappa shape index (κ1) is 18.5. The summed E-state index contributed by atoms with van der Waals surface area (Å²) in [4.78, 5) is 13.8. The Morgan fingerprint density at radius 3 is 1.03 bits per heavy atom. The molecule has 6 heteroatoms. The second-order valence-electron chi connectivity index (χ2n) is 6.38. The molecular weight excluding hydrogens is 372 g/mol. The van der Waals surface area contributed by atoms with Gasteiger partial charge >= 0.3 is 0 Å². The summed E-state index contributed by atoms with van der Waals surface area (Å²) in [6.07, 6.45) is 0. The summed E-state index contributed by atoms with van der Waals surface area (Å²) in [5.41, 5.74) is 3.50. The molecule has 30 heavy (non-hydrogen) atoms. The van der Waals surface area contributed by atoms with Gasteiger partial charge in [-0.15, -0.1) is 0 Å². The van der Waals surface area contributed by atoms with Crippen LogP contribution in [-0.2, 0) is 0 Å². The molecule has 0 unspecified atom stereocenters. The normalized spacial score (nSPS) is 9.90. The fourth-order valence-corrected chi connectivity index (χ4v) is 2.95. The molecule has 1 heterocycles. The van der Waals surface area contributed by atoms with Crippen molar-refractivity contribution < 1.29 is 0 Å². The van der Waals surface area contributed by atoms with Gasteiger partial charge in [0.05, 0.1) is 34.9 Å². The molecule has 0 aliphatic heterocycles. The highest BCUT2D eigenvalue weighted by molar-refractivity contribution is 5.68. The lowest BCUT2D eigenvalue weighted by molar-refractivity contribution is 1.07. The van der Waals surface area contributed by atoms with Gasteiger partial charge in [-0.3, -0.25) is 0 Å². The van der Waals surface area contributed by atoms with Gasteiger partial charge in [-0.05, 0) is 36.4 Å². The topological polar surface area (TPSA) is 110 Å². The van der Waals surface area contributed by atoms with Crippen LogP contribution in [0.2, 0.25) is 0 Å². The first-order valence-corrected chi connectivity index (χ1v) is 8.98. The van der Waals surface area contributed by atoms with Gasteiger partial charge < -0.3 is 0 Å². The van der Waals surface area contributed by atoms with Crippen LogP contribution in [0.1, 0.15) is 16.7 Å². The van der Waals surface area contributed by atoms with Crippen molar-refractivity contribution in [1.82, 2.24) is 15.0 Å². The zero-order chi connectivity index (χ0) is 20.9. The third-order valence-electron chi connectivity index (χ3n) is 4.39. The summed E-state index contributed by atoms with van der Waals surface area (Å²) in [7, 11) is 0. The van der Waals surface area contributed by atoms with E-state index < -0.39 is 0 Å². The molecule has 3 aromatic carbocycles. The lowest BCUT2D eigenvalue weighted by atomic mass is 10.1. The Labute approximate surface area is 173 Å². The Hall–Kier alpha value is -4.86. The summed E-state index contributed by atoms with van der Waals surface area (Å²) < 4.78 is 0. The molecule has 138 valence electrons. The fourth-order valence-electron chi connectivity index (χ4n) is 2.95. The van der Waals surface area contributed by atoms with Crippen molar-refractivity contribution >= 4 is 0 Å². The van der Waals surface area contributed by atoms with Gasteiger partial charge in [-0.25, -0.2) is 15.0 Å². The number of hydrogen-bond acceptors (Lipinski definition) is 6. The predicted octanol–water partition coefficient (Wildman–Crippen LogP) is 4.49. The maximum Gasteiger partial charge on any atom is 0.164 e. The predicted molar refractivity (Wildman–Crippen MR) is 110 cm³/mol. The van der Waals surface area contributed by atoms with Gasteiger partial charge in [0.15, 0.2) is 17.5 Å². The largest absolute Gasteiger partial charge is 0.208 e. The maximum absolute atomic E-state index is 9.23. The zero-order valence-corrected chi connectivity index (χ0v) is 15.6. The van der Waals surface area contributed by atoms with E-state index in [9.17, 15) is 15.8 Å². The van der Waals surface area contributed by atoms with Gasteiger partial charge in [-0.1, -0.05) is 36.4 Å². The molecule has 0 aliphatic carbocycles. The Morgan fingerprint density at radius 1 is 0.467 bits per heavy atom. The molecular formula is C24H12N6. The molecule has 0 bridgehead atoms. The van der Waals surface area contributed by atoms with Crippen LogP contribution < -0.4 is 0 Å². The first-order chi connectivity index (χ1) is 14.7. The Morgan fingerprint density at radius 2 is 0.767 bits per heavy atom. The average Bonchev–Trinajstić information content (AvgIpc) is 2.83. The van der Waals surface area contributed by atoms with Crippen molar-refractivity contribution in [3.05, 3.63) is 89.5 Å². The lowest BCUT2D eigenvalue weighted by Crippen LogP contribution is -2.00. The van der Waals surface area contributed by atoms with Crippen molar-refractivity contribution in [2.75, 3.05) is 0 Å². The second-order valence-corrected chi connectivity index (χ2v) is 6.38. The fraction of sp³-hybridized carbons (Fsp3) is 0. The van der Waals surface area contributed by atoms with Crippen LogP contribution in [-0.4, -0.2) is 15.0 Å². The number of nitriles is 3. The minimum absolute atomic E-state index is 0.400. The van der Waals surface area contributed by atoms with E-state index >= 15 is 0 Å². The van der Waals surface area contributed by atoms with Crippen LogP contribution in [0.4, 0.5) is 0 Å². The van der Waals surface area contributed by atoms with Gasteiger partial charge in [0.1, 0.15) is 0 Å². The second kappa shape index (κ2) is 8.02. The van der Waals surface area contributed by atoms with Gasteiger partial charge in [-0.2, -0.15) is 15.8 Å². The molecule has 0 fully saturated rings. The third kappa shape index (κ3) is 3.73. The molecule has 6 nitrogen and oxygen atoms in total. The van der Waals surface area contributed by atoms with Crippen LogP contribution in [0, 0.1) is 34.0 Å². The first-order valence-electron chi connectivity index (χ1n) is 8.98. The van der Waals surface area contributed by atoms with Crippen molar-refractivity contribution in [3.8, 4) is 52.4 Å². The molecule has 0 aliphatic rings. The van der Waals surface area contributed by atoms with Crippen LogP contribution in [0.5, 0.6) is 0 Å². The molecule has 0 saturated carbocycles. The summed E-state index contributed by atoms with van der Waals surface area (Å²) in [6.45, 7) is 0. The van der Waals surface area contributed by atoms with Crippen molar-refractivity contribution in [1.29, 1.82) is 15.8 Å². The number of nitrogens with zero attached hydrogens (tertiary/aromatic N) is 6. The summed E-state index contributed by atoms with van der Waals surface area (Å²) in [5, 5.41) is 27.7. The smallest absolute Gasteiger partial charge is 0.164 e. The number of benzene rings is 3. The average molecular weight is 384 g/mol. The van der Waals surface area contributed by atoms with Crippen molar-refractivity contribution in [2.24, 2.45) is 0 Å². The van der Waals surface area contributed by atoms with Gasteiger partial charge in [0.25, 0.3) is 0 Å². The molecule has 1 aromatic heterocycles. The van der Waals surface area contributed by atoms with E-state index in [1.165, 1.54) is 0 Å². The Bertz CT molecular complexity index is 1200. The van der Waals surface area contributed by atoms with E-state index in [4.69, 9.17) is 0 Å².